The number of nitrogens with zero attached hydrogens (tertiary/aromatic N) is 2. The summed E-state index contributed by atoms with van der Waals surface area (Å²) >= 11 is 0. The summed E-state index contributed by atoms with van der Waals surface area (Å²) in [7, 11) is 2.36. The van der Waals surface area contributed by atoms with Crippen LogP contribution in [0.2, 0.25) is 0 Å². The molecule has 0 spiro atoms. The summed E-state index contributed by atoms with van der Waals surface area (Å²) in [6, 6.07) is 17.1. The number of ether oxygens (including phenoxy) is 3. The van der Waals surface area contributed by atoms with Crippen molar-refractivity contribution < 1.29 is 28.6 Å². The standard InChI is InChI=1S/C27H28N4O6/c1-27(2,3)37-26(34)30-17-11-13-18(14-12-17)31-22(25(33)36-5)21(24(32)35-4)20(19(15-28)23(31)29)16-9-7-6-8-10-16/h6-14,20H,29H2,1-5H3,(H,30,34). The van der Waals surface area contributed by atoms with Crippen molar-refractivity contribution in [1.29, 1.82) is 5.26 Å². The van der Waals surface area contributed by atoms with Crippen LogP contribution in [0.5, 0.6) is 0 Å². The molecule has 1 aliphatic rings. The van der Waals surface area contributed by atoms with Crippen molar-refractivity contribution in [3.05, 3.63) is 82.8 Å². The maximum absolute atomic E-state index is 13.1. The summed E-state index contributed by atoms with van der Waals surface area (Å²) in [6.07, 6.45) is -0.641. The molecule has 2 aromatic rings. The van der Waals surface area contributed by atoms with Crippen LogP contribution < -0.4 is 16.0 Å². The number of nitrogens with one attached hydrogen (secondary N) is 1. The number of anilines is 2. The number of nitrogens with two attached hydrogens (primary N) is 1. The lowest BCUT2D eigenvalue weighted by molar-refractivity contribution is -0.139. The van der Waals surface area contributed by atoms with E-state index in [2.05, 4.69) is 11.4 Å². The minimum Gasteiger partial charge on any atom is -0.466 e. The third-order valence-corrected chi connectivity index (χ3v) is 5.38. The molecule has 1 atom stereocenters. The average molecular weight is 505 g/mol. The number of nitriles is 1. The number of rotatable bonds is 5. The van der Waals surface area contributed by atoms with Crippen LogP contribution >= 0.6 is 0 Å². The number of carbonyl (C=O) groups excluding carboxylic acids is 3. The van der Waals surface area contributed by atoms with E-state index in [4.69, 9.17) is 19.9 Å². The van der Waals surface area contributed by atoms with Crippen LogP contribution in [0, 0.1) is 11.3 Å². The van der Waals surface area contributed by atoms with E-state index in [1.165, 1.54) is 19.1 Å². The lowest BCUT2D eigenvalue weighted by Crippen LogP contribution is -2.40. The molecule has 3 N–H and O–H groups in total. The summed E-state index contributed by atoms with van der Waals surface area (Å²) in [5, 5.41) is 12.7. The average Bonchev–Trinajstić information content (AvgIpc) is 2.87. The molecule has 10 nitrogen and oxygen atoms in total. The number of esters is 2. The van der Waals surface area contributed by atoms with Gasteiger partial charge in [0.1, 0.15) is 17.1 Å². The topological polar surface area (TPSA) is 144 Å². The first-order valence-electron chi connectivity index (χ1n) is 11.3. The van der Waals surface area contributed by atoms with Crippen molar-refractivity contribution in [3.63, 3.8) is 0 Å². The highest BCUT2D eigenvalue weighted by Gasteiger charge is 2.42. The van der Waals surface area contributed by atoms with Gasteiger partial charge in [0.15, 0.2) is 0 Å². The Bertz CT molecular complexity index is 1300. The molecule has 1 amide bonds. The van der Waals surface area contributed by atoms with Crippen LogP contribution in [-0.4, -0.2) is 37.9 Å². The third-order valence-electron chi connectivity index (χ3n) is 5.38. The second kappa shape index (κ2) is 10.9. The van der Waals surface area contributed by atoms with Crippen molar-refractivity contribution in [3.8, 4) is 6.07 Å². The second-order valence-electron chi connectivity index (χ2n) is 9.01. The maximum Gasteiger partial charge on any atom is 0.412 e. The highest BCUT2D eigenvalue weighted by molar-refractivity contribution is 6.06. The highest BCUT2D eigenvalue weighted by Crippen LogP contribution is 2.43. The molecule has 3 rings (SSSR count). The first-order chi connectivity index (χ1) is 17.5. The SMILES string of the molecule is COC(=O)C1=C(C(=O)OC)N(c2ccc(NC(=O)OC(C)(C)C)cc2)C(N)=C(C#N)C1c1ccccc1. The molecule has 2 aromatic carbocycles. The zero-order chi connectivity index (χ0) is 27.3. The Hall–Kier alpha value is -4.78. The molecule has 1 unspecified atom stereocenters. The van der Waals surface area contributed by atoms with Gasteiger partial charge in [0.2, 0.25) is 0 Å². The number of carbonyl (C=O) groups is 3. The van der Waals surface area contributed by atoms with Crippen molar-refractivity contribution in [2.45, 2.75) is 32.3 Å². The predicted molar refractivity (Wildman–Crippen MR) is 136 cm³/mol. The normalized spacial score (nSPS) is 15.6. The molecule has 0 radical (unpaired) electrons. The van der Waals surface area contributed by atoms with Gasteiger partial charge in [0, 0.05) is 11.4 Å². The molecule has 0 bridgehead atoms. The highest BCUT2D eigenvalue weighted by atomic mass is 16.6. The van der Waals surface area contributed by atoms with Crippen LogP contribution in [0.1, 0.15) is 32.3 Å². The summed E-state index contributed by atoms with van der Waals surface area (Å²) in [4.78, 5) is 39.5. The fraction of sp³-hybridized carbons (Fsp3) is 0.259. The summed E-state index contributed by atoms with van der Waals surface area (Å²) in [5.74, 6) is -2.69. The van der Waals surface area contributed by atoms with Gasteiger partial charge in [0.25, 0.3) is 0 Å². The van der Waals surface area contributed by atoms with Gasteiger partial charge in [-0.15, -0.1) is 0 Å². The number of allylic oxidation sites excluding steroid dienone is 1. The first kappa shape index (κ1) is 26.8. The Labute approximate surface area is 214 Å². The Kier molecular flexibility index (Phi) is 7.88. The number of amides is 1. The fourth-order valence-electron chi connectivity index (χ4n) is 3.90. The monoisotopic (exact) mass is 504 g/mol. The van der Waals surface area contributed by atoms with Gasteiger partial charge in [-0.05, 0) is 50.6 Å². The second-order valence-corrected chi connectivity index (χ2v) is 9.01. The molecule has 0 fully saturated rings. The molecule has 0 saturated carbocycles. The Balaban J connectivity index is 2.17. The van der Waals surface area contributed by atoms with Crippen LogP contribution in [0.4, 0.5) is 16.2 Å². The van der Waals surface area contributed by atoms with Crippen LogP contribution in [0.3, 0.4) is 0 Å². The van der Waals surface area contributed by atoms with Gasteiger partial charge in [0.05, 0.1) is 37.4 Å². The van der Waals surface area contributed by atoms with Crippen molar-refractivity contribution in [2.24, 2.45) is 5.73 Å². The van der Waals surface area contributed by atoms with Crippen molar-refractivity contribution >= 4 is 29.4 Å². The number of hydrogen-bond donors (Lipinski definition) is 2. The van der Waals surface area contributed by atoms with Gasteiger partial charge < -0.3 is 19.9 Å². The molecule has 0 aliphatic carbocycles. The van der Waals surface area contributed by atoms with Gasteiger partial charge in [-0.25, -0.2) is 14.4 Å². The predicted octanol–water partition coefficient (Wildman–Crippen LogP) is 3.93. The molecule has 192 valence electrons. The van der Waals surface area contributed by atoms with Gasteiger partial charge in [-0.2, -0.15) is 5.26 Å². The van der Waals surface area contributed by atoms with E-state index in [-0.39, 0.29) is 22.7 Å². The number of hydrogen-bond acceptors (Lipinski definition) is 9. The smallest absolute Gasteiger partial charge is 0.412 e. The maximum atomic E-state index is 13.1. The van der Waals surface area contributed by atoms with E-state index in [1.807, 2.05) is 0 Å². The largest absolute Gasteiger partial charge is 0.466 e. The Morgan fingerprint density at radius 2 is 1.57 bits per heavy atom. The van der Waals surface area contributed by atoms with Gasteiger partial charge in [-0.3, -0.25) is 10.2 Å². The molecular formula is C27H28N4O6. The Morgan fingerprint density at radius 1 is 0.973 bits per heavy atom. The molecule has 0 aromatic heterocycles. The lowest BCUT2D eigenvalue weighted by atomic mass is 9.81. The summed E-state index contributed by atoms with van der Waals surface area (Å²) < 4.78 is 15.3. The molecule has 1 aliphatic heterocycles. The van der Waals surface area contributed by atoms with Crippen LogP contribution in [0.15, 0.2) is 77.3 Å². The summed E-state index contributed by atoms with van der Waals surface area (Å²) in [5.41, 5.74) is 6.88. The van der Waals surface area contributed by atoms with Gasteiger partial charge >= 0.3 is 18.0 Å². The zero-order valence-electron chi connectivity index (χ0n) is 21.2. The lowest BCUT2D eigenvalue weighted by Gasteiger charge is -2.35. The van der Waals surface area contributed by atoms with Crippen LogP contribution in [0.25, 0.3) is 0 Å². The van der Waals surface area contributed by atoms with E-state index in [0.29, 0.717) is 16.9 Å². The molecule has 1 heterocycles. The molecule has 10 heteroatoms. The van der Waals surface area contributed by atoms with Crippen LogP contribution in [-0.2, 0) is 23.8 Å². The first-order valence-corrected chi connectivity index (χ1v) is 11.3. The van der Waals surface area contributed by atoms with E-state index in [9.17, 15) is 19.6 Å². The summed E-state index contributed by atoms with van der Waals surface area (Å²) in [6.45, 7) is 5.24. The fourth-order valence-corrected chi connectivity index (χ4v) is 3.90. The van der Waals surface area contributed by atoms with Crippen molar-refractivity contribution in [1.82, 2.24) is 0 Å². The number of benzene rings is 2. The molecule has 0 saturated heterocycles. The molecular weight excluding hydrogens is 476 g/mol. The van der Waals surface area contributed by atoms with E-state index in [0.717, 1.165) is 0 Å². The molecule has 37 heavy (non-hydrogen) atoms. The zero-order valence-corrected chi connectivity index (χ0v) is 21.2. The number of methoxy groups -OCH3 is 2. The van der Waals surface area contributed by atoms with E-state index in [1.54, 1.807) is 75.4 Å². The van der Waals surface area contributed by atoms with E-state index < -0.39 is 29.6 Å². The minimum atomic E-state index is -0.961. The van der Waals surface area contributed by atoms with E-state index >= 15 is 0 Å². The minimum absolute atomic E-state index is 0.0511. The quantitative estimate of drug-likeness (QED) is 0.457. The van der Waals surface area contributed by atoms with Crippen molar-refractivity contribution in [2.75, 3.05) is 24.4 Å². The Morgan fingerprint density at radius 3 is 2.08 bits per heavy atom. The van der Waals surface area contributed by atoms with Gasteiger partial charge in [-0.1, -0.05) is 30.3 Å². The third kappa shape index (κ3) is 5.73.